The first-order valence-electron chi connectivity index (χ1n) is 5.63. The smallest absolute Gasteiger partial charge is 0.264 e. The van der Waals surface area contributed by atoms with Crippen LogP contribution in [0.3, 0.4) is 0 Å². The van der Waals surface area contributed by atoms with Crippen molar-refractivity contribution < 1.29 is 17.2 Å². The average Bonchev–Trinajstić information content (AvgIpc) is 2.32. The number of aryl methyl sites for hydroxylation is 1. The van der Waals surface area contributed by atoms with E-state index in [0.29, 0.717) is 5.56 Å². The van der Waals surface area contributed by atoms with Crippen LogP contribution in [0.1, 0.15) is 5.56 Å². The molecule has 4 nitrogen and oxygen atoms in total. The lowest BCUT2D eigenvalue weighted by molar-refractivity contribution is 0.570. The Morgan fingerprint density at radius 2 is 1.75 bits per heavy atom. The van der Waals surface area contributed by atoms with Gasteiger partial charge in [0.05, 0.1) is 5.69 Å². The molecule has 0 amide bonds. The summed E-state index contributed by atoms with van der Waals surface area (Å²) in [4.78, 5) is -0.591. The number of rotatable bonds is 3. The third-order valence-electron chi connectivity index (χ3n) is 2.61. The van der Waals surface area contributed by atoms with Crippen LogP contribution in [0.5, 0.6) is 0 Å². The number of hydrogen-bond donors (Lipinski definition) is 2. The van der Waals surface area contributed by atoms with Crippen molar-refractivity contribution in [2.75, 3.05) is 10.5 Å². The van der Waals surface area contributed by atoms with Gasteiger partial charge in [0.2, 0.25) is 0 Å². The quantitative estimate of drug-likeness (QED) is 0.856. The first-order valence-corrected chi connectivity index (χ1v) is 7.12. The Hall–Kier alpha value is -2.15. The van der Waals surface area contributed by atoms with E-state index < -0.39 is 26.6 Å². The lowest BCUT2D eigenvalue weighted by Crippen LogP contribution is -2.15. The second kappa shape index (κ2) is 5.09. The van der Waals surface area contributed by atoms with Gasteiger partial charge in [-0.3, -0.25) is 4.72 Å². The highest BCUT2D eigenvalue weighted by atomic mass is 32.2. The molecule has 106 valence electrons. The zero-order valence-corrected chi connectivity index (χ0v) is 11.3. The molecule has 0 atom stereocenters. The van der Waals surface area contributed by atoms with E-state index in [9.17, 15) is 17.2 Å². The van der Waals surface area contributed by atoms with Crippen LogP contribution < -0.4 is 10.5 Å². The predicted octanol–water partition coefficient (Wildman–Crippen LogP) is 2.66. The number of anilines is 2. The topological polar surface area (TPSA) is 72.2 Å². The molecule has 0 heterocycles. The van der Waals surface area contributed by atoms with Crippen molar-refractivity contribution in [3.05, 3.63) is 53.6 Å². The third kappa shape index (κ3) is 2.88. The molecular formula is C13H12F2N2O2S. The summed E-state index contributed by atoms with van der Waals surface area (Å²) < 4.78 is 53.3. The number of nitrogens with one attached hydrogen (secondary N) is 1. The summed E-state index contributed by atoms with van der Waals surface area (Å²) in [5, 5.41) is 0. The number of nitrogen functional groups attached to an aromatic ring is 1. The minimum absolute atomic E-state index is 0.1000. The van der Waals surface area contributed by atoms with Gasteiger partial charge in [-0.25, -0.2) is 17.2 Å². The van der Waals surface area contributed by atoms with Crippen LogP contribution in [0.4, 0.5) is 20.2 Å². The Kier molecular flexibility index (Phi) is 3.63. The van der Waals surface area contributed by atoms with Gasteiger partial charge in [0.15, 0.2) is 0 Å². The number of sulfonamides is 1. The van der Waals surface area contributed by atoms with Gasteiger partial charge in [0, 0.05) is 5.69 Å². The normalized spacial score (nSPS) is 11.3. The summed E-state index contributed by atoms with van der Waals surface area (Å²) in [6.45, 7) is 1.67. The Labute approximate surface area is 115 Å². The van der Waals surface area contributed by atoms with Crippen molar-refractivity contribution in [2.24, 2.45) is 0 Å². The van der Waals surface area contributed by atoms with E-state index in [4.69, 9.17) is 5.73 Å². The predicted molar refractivity (Wildman–Crippen MR) is 72.8 cm³/mol. The van der Waals surface area contributed by atoms with E-state index in [1.54, 1.807) is 13.0 Å². The zero-order chi connectivity index (χ0) is 14.9. The highest BCUT2D eigenvalue weighted by Gasteiger charge is 2.20. The van der Waals surface area contributed by atoms with E-state index in [1.807, 2.05) is 4.72 Å². The van der Waals surface area contributed by atoms with E-state index in [1.165, 1.54) is 18.2 Å². The molecule has 0 saturated carbocycles. The lowest BCUT2D eigenvalue weighted by atomic mass is 10.2. The third-order valence-corrected chi connectivity index (χ3v) is 4.01. The standard InChI is InChI=1S/C13H12F2N2O2S/c1-8-2-4-12(10(14)6-8)17-20(18,19)13-5-3-9(16)7-11(13)15/h2-7,17H,16H2,1H3. The maximum atomic E-state index is 13.6. The van der Waals surface area contributed by atoms with Crippen LogP contribution in [0.25, 0.3) is 0 Å². The summed E-state index contributed by atoms with van der Waals surface area (Å²) in [5.41, 5.74) is 5.85. The van der Waals surface area contributed by atoms with Gasteiger partial charge in [-0.2, -0.15) is 0 Å². The fraction of sp³-hybridized carbons (Fsp3) is 0.0769. The Bertz CT molecular complexity index is 761. The van der Waals surface area contributed by atoms with Gasteiger partial charge in [0.25, 0.3) is 10.0 Å². The number of halogens is 2. The molecule has 0 aliphatic carbocycles. The maximum absolute atomic E-state index is 13.6. The molecule has 0 aromatic heterocycles. The molecule has 0 fully saturated rings. The van der Waals surface area contributed by atoms with E-state index in [-0.39, 0.29) is 11.4 Å². The maximum Gasteiger partial charge on any atom is 0.264 e. The SMILES string of the molecule is Cc1ccc(NS(=O)(=O)c2ccc(N)cc2F)c(F)c1. The van der Waals surface area contributed by atoms with Gasteiger partial charge in [0.1, 0.15) is 16.5 Å². The first kappa shape index (κ1) is 14.3. The van der Waals surface area contributed by atoms with Crippen LogP contribution in [0, 0.1) is 18.6 Å². The highest BCUT2D eigenvalue weighted by Crippen LogP contribution is 2.22. The summed E-state index contributed by atoms with van der Waals surface area (Å²) in [6.07, 6.45) is 0. The van der Waals surface area contributed by atoms with Crippen molar-refractivity contribution in [2.45, 2.75) is 11.8 Å². The monoisotopic (exact) mass is 298 g/mol. The Morgan fingerprint density at radius 1 is 1.05 bits per heavy atom. The van der Waals surface area contributed by atoms with Gasteiger partial charge in [-0.15, -0.1) is 0 Å². The summed E-state index contributed by atoms with van der Waals surface area (Å²) in [5.74, 6) is -1.73. The number of nitrogens with two attached hydrogens (primary N) is 1. The molecular weight excluding hydrogens is 286 g/mol. The fourth-order valence-electron chi connectivity index (χ4n) is 1.64. The molecule has 7 heteroatoms. The number of hydrogen-bond acceptors (Lipinski definition) is 3. The van der Waals surface area contributed by atoms with Crippen LogP contribution in [0.2, 0.25) is 0 Å². The van der Waals surface area contributed by atoms with Crippen molar-refractivity contribution in [3.8, 4) is 0 Å². The molecule has 20 heavy (non-hydrogen) atoms. The van der Waals surface area contributed by atoms with Gasteiger partial charge in [-0.05, 0) is 42.8 Å². The lowest BCUT2D eigenvalue weighted by Gasteiger charge is -2.10. The molecule has 0 aliphatic rings. The summed E-state index contributed by atoms with van der Waals surface area (Å²) in [6, 6.07) is 7.16. The fourth-order valence-corrected chi connectivity index (χ4v) is 2.77. The number of benzene rings is 2. The van der Waals surface area contributed by atoms with Crippen LogP contribution in [-0.2, 0) is 10.0 Å². The van der Waals surface area contributed by atoms with E-state index in [2.05, 4.69) is 0 Å². The second-order valence-corrected chi connectivity index (χ2v) is 5.93. The molecule has 2 aromatic carbocycles. The molecule has 0 bridgehead atoms. The molecule has 3 N–H and O–H groups in total. The molecule has 0 unspecified atom stereocenters. The molecule has 0 spiro atoms. The van der Waals surface area contributed by atoms with Crippen molar-refractivity contribution in [3.63, 3.8) is 0 Å². The van der Waals surface area contributed by atoms with Crippen LogP contribution in [0.15, 0.2) is 41.3 Å². The molecule has 2 aromatic rings. The second-order valence-electron chi connectivity index (χ2n) is 4.28. The summed E-state index contributed by atoms with van der Waals surface area (Å²) in [7, 11) is -4.22. The van der Waals surface area contributed by atoms with Gasteiger partial charge < -0.3 is 5.73 Å². The van der Waals surface area contributed by atoms with Gasteiger partial charge >= 0.3 is 0 Å². The minimum atomic E-state index is -4.22. The van der Waals surface area contributed by atoms with E-state index >= 15 is 0 Å². The first-order chi connectivity index (χ1) is 9.29. The highest BCUT2D eigenvalue weighted by molar-refractivity contribution is 7.92. The Morgan fingerprint density at radius 3 is 2.35 bits per heavy atom. The average molecular weight is 298 g/mol. The van der Waals surface area contributed by atoms with Crippen molar-refractivity contribution in [1.29, 1.82) is 0 Å². The van der Waals surface area contributed by atoms with Crippen LogP contribution in [-0.4, -0.2) is 8.42 Å². The van der Waals surface area contributed by atoms with E-state index in [0.717, 1.165) is 12.1 Å². The zero-order valence-electron chi connectivity index (χ0n) is 10.5. The Balaban J connectivity index is 2.41. The van der Waals surface area contributed by atoms with Gasteiger partial charge in [-0.1, -0.05) is 6.07 Å². The van der Waals surface area contributed by atoms with Crippen molar-refractivity contribution >= 4 is 21.4 Å². The van der Waals surface area contributed by atoms with Crippen molar-refractivity contribution in [1.82, 2.24) is 0 Å². The summed E-state index contributed by atoms with van der Waals surface area (Å²) >= 11 is 0. The van der Waals surface area contributed by atoms with Crippen LogP contribution >= 0.6 is 0 Å². The minimum Gasteiger partial charge on any atom is -0.399 e. The largest absolute Gasteiger partial charge is 0.399 e. The molecule has 0 radical (unpaired) electrons. The molecule has 0 aliphatic heterocycles. The molecule has 2 rings (SSSR count). The molecule has 0 saturated heterocycles.